The van der Waals surface area contributed by atoms with Crippen molar-refractivity contribution in [1.82, 2.24) is 19.7 Å². The first-order valence-corrected chi connectivity index (χ1v) is 13.7. The van der Waals surface area contributed by atoms with E-state index in [-0.39, 0.29) is 18.5 Å². The van der Waals surface area contributed by atoms with Crippen molar-refractivity contribution >= 4 is 11.9 Å². The molecule has 8 nitrogen and oxygen atoms in total. The first-order chi connectivity index (χ1) is 19.6. The fourth-order valence-electron chi connectivity index (χ4n) is 5.29. The molecule has 1 aliphatic carbocycles. The molecule has 0 saturated carbocycles. The van der Waals surface area contributed by atoms with Crippen LogP contribution in [0.5, 0.6) is 0 Å². The number of esters is 1. The molecule has 8 heteroatoms. The van der Waals surface area contributed by atoms with Crippen LogP contribution in [0.25, 0.3) is 28.3 Å². The minimum absolute atomic E-state index is 0.0518. The quantitative estimate of drug-likeness (QED) is 0.283. The zero-order valence-electron chi connectivity index (χ0n) is 22.1. The molecule has 0 unspecified atom stereocenters. The monoisotopic (exact) mass is 533 g/mol. The first-order valence-electron chi connectivity index (χ1n) is 13.7. The number of nitrogens with zero attached hydrogens (tertiary/aromatic N) is 4. The van der Waals surface area contributed by atoms with Crippen molar-refractivity contribution in [2.45, 2.75) is 50.7 Å². The van der Waals surface area contributed by atoms with Crippen LogP contribution >= 0.6 is 0 Å². The zero-order valence-corrected chi connectivity index (χ0v) is 22.1. The maximum absolute atomic E-state index is 12.0. The number of aliphatic hydroxyl groups is 1. The normalized spacial score (nSPS) is 18.7. The van der Waals surface area contributed by atoms with Gasteiger partial charge < -0.3 is 15.2 Å². The predicted octanol–water partition coefficient (Wildman–Crippen LogP) is 5.64. The molecule has 0 spiro atoms. The van der Waals surface area contributed by atoms with E-state index in [2.05, 4.69) is 28.5 Å². The molecule has 2 N–H and O–H groups in total. The van der Waals surface area contributed by atoms with Crippen molar-refractivity contribution in [3.05, 3.63) is 102 Å². The van der Waals surface area contributed by atoms with Gasteiger partial charge in [0.15, 0.2) is 5.82 Å². The molecule has 1 aliphatic heterocycles. The third kappa shape index (κ3) is 5.72. The number of nitrogens with one attached hydrogen (secondary N) is 1. The van der Waals surface area contributed by atoms with Crippen LogP contribution in [0.4, 0.5) is 5.95 Å². The summed E-state index contributed by atoms with van der Waals surface area (Å²) in [6.45, 7) is 0. The Balaban J connectivity index is 1.44. The van der Waals surface area contributed by atoms with Gasteiger partial charge in [-0.1, -0.05) is 72.8 Å². The molecule has 2 aromatic heterocycles. The number of hydrogen-bond donors (Lipinski definition) is 2. The summed E-state index contributed by atoms with van der Waals surface area (Å²) in [5, 5.41) is 18.6. The van der Waals surface area contributed by atoms with Gasteiger partial charge in [-0.25, -0.2) is 9.67 Å². The number of hydrogen-bond acceptors (Lipinski definition) is 7. The summed E-state index contributed by atoms with van der Waals surface area (Å²) in [5.74, 6) is 0.807. The molecule has 3 heterocycles. The van der Waals surface area contributed by atoms with Crippen molar-refractivity contribution < 1.29 is 14.6 Å². The Bertz CT molecular complexity index is 1550. The number of ether oxygens (including phenoxy) is 1. The summed E-state index contributed by atoms with van der Waals surface area (Å²) in [6, 6.07) is 22.1. The Morgan fingerprint density at radius 2 is 1.80 bits per heavy atom. The molecular weight excluding hydrogens is 502 g/mol. The molecule has 0 amide bonds. The van der Waals surface area contributed by atoms with Gasteiger partial charge in [0.25, 0.3) is 0 Å². The fraction of sp³-hybridized carbons (Fsp3) is 0.250. The minimum atomic E-state index is -0.669. The molecule has 1 fully saturated rings. The van der Waals surface area contributed by atoms with Crippen LogP contribution in [-0.4, -0.2) is 43.0 Å². The summed E-state index contributed by atoms with van der Waals surface area (Å²) in [7, 11) is 0. The Hall–Kier alpha value is -4.56. The highest BCUT2D eigenvalue weighted by atomic mass is 16.5. The average Bonchev–Trinajstić information content (AvgIpc) is 3.37. The predicted molar refractivity (Wildman–Crippen MR) is 154 cm³/mol. The lowest BCUT2D eigenvalue weighted by molar-refractivity contribution is -0.160. The average molecular weight is 534 g/mol. The third-order valence-corrected chi connectivity index (χ3v) is 7.17. The standard InChI is InChI=1S/C32H31N5O3/c38-25-20-26(40-29(39)21-25)16-17-27-30(22-10-4-1-5-11-22)36-37(31(27)23-12-6-2-7-13-23)28-18-19-33-32(35-28)34-24-14-8-3-9-15-24/h1-8,10-14,18-19,25-26,38H,9,15-17,20-21H2,(H,33,34,35)/t25-,26-/m1/s1. The van der Waals surface area contributed by atoms with Crippen molar-refractivity contribution in [3.63, 3.8) is 0 Å². The number of rotatable bonds is 8. The summed E-state index contributed by atoms with van der Waals surface area (Å²) in [5.41, 5.74) is 5.85. The molecular formula is C32H31N5O3. The molecule has 2 aromatic carbocycles. The molecule has 0 radical (unpaired) electrons. The Morgan fingerprint density at radius 3 is 2.52 bits per heavy atom. The van der Waals surface area contributed by atoms with Crippen LogP contribution in [0.1, 0.15) is 37.7 Å². The summed E-state index contributed by atoms with van der Waals surface area (Å²) < 4.78 is 7.47. The van der Waals surface area contributed by atoms with Crippen LogP contribution < -0.4 is 5.32 Å². The Morgan fingerprint density at radius 1 is 1.02 bits per heavy atom. The highest BCUT2D eigenvalue weighted by molar-refractivity contribution is 5.76. The van der Waals surface area contributed by atoms with Crippen molar-refractivity contribution in [2.75, 3.05) is 5.32 Å². The van der Waals surface area contributed by atoms with Crippen molar-refractivity contribution in [3.8, 4) is 28.3 Å². The van der Waals surface area contributed by atoms with E-state index in [1.165, 1.54) is 0 Å². The van der Waals surface area contributed by atoms with Gasteiger partial charge in [0.1, 0.15) is 6.10 Å². The summed E-state index contributed by atoms with van der Waals surface area (Å²) in [6.07, 6.45) is 10.5. The van der Waals surface area contributed by atoms with E-state index in [4.69, 9.17) is 14.8 Å². The van der Waals surface area contributed by atoms with Gasteiger partial charge in [-0.05, 0) is 31.8 Å². The number of aliphatic hydroxyl groups excluding tert-OH is 1. The van der Waals surface area contributed by atoms with Gasteiger partial charge in [0, 0.05) is 41.1 Å². The maximum Gasteiger partial charge on any atom is 0.308 e. The highest BCUT2D eigenvalue weighted by Gasteiger charge is 2.29. The number of benzene rings is 2. The first kappa shape index (κ1) is 25.7. The Kier molecular flexibility index (Phi) is 7.50. The molecule has 1 saturated heterocycles. The maximum atomic E-state index is 12.0. The van der Waals surface area contributed by atoms with Gasteiger partial charge in [-0.3, -0.25) is 4.79 Å². The van der Waals surface area contributed by atoms with Crippen LogP contribution in [0, 0.1) is 0 Å². The second kappa shape index (κ2) is 11.7. The lowest BCUT2D eigenvalue weighted by atomic mass is 9.94. The number of anilines is 1. The number of carbonyl (C=O) groups is 1. The lowest BCUT2D eigenvalue weighted by Crippen LogP contribution is -2.32. The lowest BCUT2D eigenvalue weighted by Gasteiger charge is -2.26. The van der Waals surface area contributed by atoms with E-state index < -0.39 is 6.10 Å². The number of aromatic nitrogens is 4. The highest BCUT2D eigenvalue weighted by Crippen LogP contribution is 2.36. The number of cyclic esters (lactones) is 1. The Labute approximate surface area is 233 Å². The van der Waals surface area contributed by atoms with Gasteiger partial charge in [-0.2, -0.15) is 10.1 Å². The number of allylic oxidation sites excluding steroid dienone is 4. The van der Waals surface area contributed by atoms with E-state index in [1.807, 2.05) is 71.4 Å². The van der Waals surface area contributed by atoms with Crippen molar-refractivity contribution in [2.24, 2.45) is 0 Å². The summed E-state index contributed by atoms with van der Waals surface area (Å²) in [4.78, 5) is 21.3. The van der Waals surface area contributed by atoms with E-state index >= 15 is 0 Å². The van der Waals surface area contributed by atoms with Crippen molar-refractivity contribution in [1.29, 1.82) is 0 Å². The van der Waals surface area contributed by atoms with E-state index in [0.29, 0.717) is 31.0 Å². The SMILES string of the molecule is O=C1C[C@H](O)C[C@@H](CCc2c(-c3ccccc3)nn(-c3ccnc(NC4=CC=CCC4)n3)c2-c2ccccc2)O1. The molecule has 202 valence electrons. The topological polar surface area (TPSA) is 102 Å². The molecule has 0 bridgehead atoms. The van der Waals surface area contributed by atoms with Gasteiger partial charge in [0.05, 0.1) is 23.9 Å². The van der Waals surface area contributed by atoms with E-state index in [0.717, 1.165) is 46.6 Å². The van der Waals surface area contributed by atoms with E-state index in [9.17, 15) is 9.90 Å². The molecule has 2 aliphatic rings. The zero-order chi connectivity index (χ0) is 27.3. The smallest absolute Gasteiger partial charge is 0.308 e. The second-order valence-corrected chi connectivity index (χ2v) is 10.1. The molecule has 2 atom stereocenters. The fourth-order valence-corrected chi connectivity index (χ4v) is 5.29. The second-order valence-electron chi connectivity index (χ2n) is 10.1. The van der Waals surface area contributed by atoms with Crippen LogP contribution in [0.3, 0.4) is 0 Å². The minimum Gasteiger partial charge on any atom is -0.462 e. The van der Waals surface area contributed by atoms with E-state index in [1.54, 1.807) is 6.20 Å². The van der Waals surface area contributed by atoms with Gasteiger partial charge in [0.2, 0.25) is 5.95 Å². The van der Waals surface area contributed by atoms with Crippen LogP contribution in [0.2, 0.25) is 0 Å². The van der Waals surface area contributed by atoms with Gasteiger partial charge >= 0.3 is 5.97 Å². The largest absolute Gasteiger partial charge is 0.462 e. The molecule has 4 aromatic rings. The van der Waals surface area contributed by atoms with Gasteiger partial charge in [-0.15, -0.1) is 0 Å². The molecule has 6 rings (SSSR count). The molecule has 40 heavy (non-hydrogen) atoms. The van der Waals surface area contributed by atoms with Crippen LogP contribution in [0.15, 0.2) is 96.9 Å². The third-order valence-electron chi connectivity index (χ3n) is 7.17. The van der Waals surface area contributed by atoms with Crippen LogP contribution in [-0.2, 0) is 16.0 Å². The summed E-state index contributed by atoms with van der Waals surface area (Å²) >= 11 is 0. The number of carbonyl (C=O) groups excluding carboxylic acids is 1.